The summed E-state index contributed by atoms with van der Waals surface area (Å²) in [5.41, 5.74) is 1.67. The van der Waals surface area contributed by atoms with E-state index in [1.165, 1.54) is 62.7 Å². The van der Waals surface area contributed by atoms with Crippen molar-refractivity contribution in [2.24, 2.45) is 0 Å². The van der Waals surface area contributed by atoms with E-state index >= 15 is 0 Å². The number of para-hydroxylation sites is 1. The Kier molecular flexibility index (Phi) is 14.4. The fourth-order valence-corrected chi connectivity index (χ4v) is 4.49. The summed E-state index contributed by atoms with van der Waals surface area (Å²) in [6.07, 6.45) is 17.9. The van der Waals surface area contributed by atoms with Crippen LogP contribution in [0.2, 0.25) is 0 Å². The van der Waals surface area contributed by atoms with E-state index in [4.69, 9.17) is 4.74 Å². The SMILES string of the molecule is CCCCCCCCCCCCOc1ccccc1C=CC(=O)c1ccc(SCCC)cc1. The minimum atomic E-state index is 0.0199. The molecule has 180 valence electrons. The van der Waals surface area contributed by atoms with Crippen molar-refractivity contribution in [2.75, 3.05) is 12.4 Å². The molecule has 0 unspecified atom stereocenters. The molecule has 0 aliphatic heterocycles. The van der Waals surface area contributed by atoms with Crippen molar-refractivity contribution in [3.63, 3.8) is 0 Å². The second-order valence-electron chi connectivity index (χ2n) is 8.64. The van der Waals surface area contributed by atoms with E-state index in [1.54, 1.807) is 6.08 Å². The molecule has 0 bridgehead atoms. The summed E-state index contributed by atoms with van der Waals surface area (Å²) in [7, 11) is 0. The topological polar surface area (TPSA) is 26.3 Å². The van der Waals surface area contributed by atoms with Crippen LogP contribution in [0.5, 0.6) is 5.75 Å². The lowest BCUT2D eigenvalue weighted by Gasteiger charge is -2.09. The van der Waals surface area contributed by atoms with Gasteiger partial charge in [-0.2, -0.15) is 0 Å². The van der Waals surface area contributed by atoms with Gasteiger partial charge in [0.05, 0.1) is 6.61 Å². The van der Waals surface area contributed by atoms with Gasteiger partial charge < -0.3 is 4.74 Å². The first-order valence-electron chi connectivity index (χ1n) is 12.9. The Morgan fingerprint density at radius 3 is 2.09 bits per heavy atom. The van der Waals surface area contributed by atoms with Gasteiger partial charge in [0.1, 0.15) is 5.75 Å². The van der Waals surface area contributed by atoms with E-state index in [0.29, 0.717) is 0 Å². The molecule has 2 nitrogen and oxygen atoms in total. The van der Waals surface area contributed by atoms with Crippen LogP contribution in [0.1, 0.15) is 100 Å². The number of rotatable bonds is 18. The van der Waals surface area contributed by atoms with Gasteiger partial charge in [0.25, 0.3) is 0 Å². The molecule has 33 heavy (non-hydrogen) atoms. The molecule has 0 saturated carbocycles. The standard InChI is InChI=1S/C30H42O2S/c1-3-5-6-7-8-9-10-11-12-15-24-32-30-17-14-13-16-27(30)20-23-29(31)26-18-21-28(22-19-26)33-25-4-2/h13-14,16-23H,3-12,15,24-25H2,1-2H3. The zero-order valence-electron chi connectivity index (χ0n) is 20.7. The number of ketones is 1. The molecule has 0 N–H and O–H groups in total. The average Bonchev–Trinajstić information content (AvgIpc) is 2.85. The van der Waals surface area contributed by atoms with Gasteiger partial charge >= 0.3 is 0 Å². The van der Waals surface area contributed by atoms with Crippen molar-refractivity contribution >= 4 is 23.6 Å². The van der Waals surface area contributed by atoms with Gasteiger partial charge in [0.15, 0.2) is 5.78 Å². The van der Waals surface area contributed by atoms with Crippen LogP contribution < -0.4 is 4.74 Å². The third-order valence-electron chi connectivity index (χ3n) is 5.70. The van der Waals surface area contributed by atoms with E-state index in [9.17, 15) is 4.79 Å². The molecule has 0 fully saturated rings. The number of carbonyl (C=O) groups excluding carboxylic acids is 1. The van der Waals surface area contributed by atoms with Crippen LogP contribution in [0.15, 0.2) is 59.5 Å². The quantitative estimate of drug-likeness (QED) is 0.0947. The molecule has 0 aliphatic carbocycles. The number of unbranched alkanes of at least 4 members (excludes halogenated alkanes) is 9. The smallest absolute Gasteiger partial charge is 0.185 e. The summed E-state index contributed by atoms with van der Waals surface area (Å²) < 4.78 is 6.04. The van der Waals surface area contributed by atoms with Crippen molar-refractivity contribution in [3.8, 4) is 5.75 Å². The van der Waals surface area contributed by atoms with E-state index in [2.05, 4.69) is 13.8 Å². The monoisotopic (exact) mass is 466 g/mol. The van der Waals surface area contributed by atoms with Crippen LogP contribution in [0.25, 0.3) is 6.08 Å². The lowest BCUT2D eigenvalue weighted by atomic mass is 10.1. The molecule has 0 spiro atoms. The molecule has 3 heteroatoms. The number of hydrogen-bond acceptors (Lipinski definition) is 3. The van der Waals surface area contributed by atoms with Gasteiger partial charge in [0.2, 0.25) is 0 Å². The lowest BCUT2D eigenvalue weighted by molar-refractivity contribution is 0.104. The zero-order valence-corrected chi connectivity index (χ0v) is 21.5. The minimum Gasteiger partial charge on any atom is -0.493 e. The zero-order chi connectivity index (χ0) is 23.6. The molecule has 0 radical (unpaired) electrons. The van der Waals surface area contributed by atoms with Crippen molar-refractivity contribution in [1.82, 2.24) is 0 Å². The van der Waals surface area contributed by atoms with Crippen LogP contribution in [0.4, 0.5) is 0 Å². The van der Waals surface area contributed by atoms with Gasteiger partial charge in [-0.15, -0.1) is 11.8 Å². The number of allylic oxidation sites excluding steroid dienone is 1. The van der Waals surface area contributed by atoms with E-state index in [1.807, 2.05) is 66.4 Å². The maximum absolute atomic E-state index is 12.6. The van der Waals surface area contributed by atoms with Gasteiger partial charge in [0, 0.05) is 16.0 Å². The maximum Gasteiger partial charge on any atom is 0.185 e. The Morgan fingerprint density at radius 2 is 1.42 bits per heavy atom. The molecular weight excluding hydrogens is 424 g/mol. The number of hydrogen-bond donors (Lipinski definition) is 0. The van der Waals surface area contributed by atoms with Gasteiger partial charge in [-0.25, -0.2) is 0 Å². The first-order valence-corrected chi connectivity index (χ1v) is 13.9. The molecule has 0 heterocycles. The summed E-state index contributed by atoms with van der Waals surface area (Å²) in [6, 6.07) is 15.9. The first kappa shape index (κ1) is 27.2. The molecule has 0 atom stereocenters. The second-order valence-corrected chi connectivity index (χ2v) is 9.81. The summed E-state index contributed by atoms with van der Waals surface area (Å²) in [6.45, 7) is 5.17. The lowest BCUT2D eigenvalue weighted by Crippen LogP contribution is -1.99. The molecule has 0 aromatic heterocycles. The number of thioether (sulfide) groups is 1. The molecular formula is C30H42O2S. The van der Waals surface area contributed by atoms with E-state index in [0.717, 1.165) is 42.1 Å². The fraction of sp³-hybridized carbons (Fsp3) is 0.500. The summed E-state index contributed by atoms with van der Waals surface area (Å²) in [5, 5.41) is 0. The van der Waals surface area contributed by atoms with E-state index in [-0.39, 0.29) is 5.78 Å². The predicted molar refractivity (Wildman–Crippen MR) is 145 cm³/mol. The number of ether oxygens (including phenoxy) is 1. The van der Waals surface area contributed by atoms with Gasteiger partial charge in [-0.3, -0.25) is 4.79 Å². The first-order chi connectivity index (χ1) is 16.2. The van der Waals surface area contributed by atoms with Gasteiger partial charge in [-0.1, -0.05) is 89.8 Å². The Labute approximate surface area is 206 Å². The molecule has 2 aromatic rings. The highest BCUT2D eigenvalue weighted by atomic mass is 32.2. The Balaban J connectivity index is 1.71. The highest BCUT2D eigenvalue weighted by Crippen LogP contribution is 2.22. The number of benzene rings is 2. The average molecular weight is 467 g/mol. The Bertz CT molecular complexity index is 810. The molecule has 0 aliphatic rings. The van der Waals surface area contributed by atoms with Crippen molar-refractivity contribution in [2.45, 2.75) is 89.4 Å². The van der Waals surface area contributed by atoms with Crippen LogP contribution in [0, 0.1) is 0 Å². The normalized spacial score (nSPS) is 11.2. The molecule has 2 rings (SSSR count). The summed E-state index contributed by atoms with van der Waals surface area (Å²) in [4.78, 5) is 13.8. The third-order valence-corrected chi connectivity index (χ3v) is 6.92. The van der Waals surface area contributed by atoms with Crippen LogP contribution in [-0.2, 0) is 0 Å². The van der Waals surface area contributed by atoms with Crippen molar-refractivity contribution < 1.29 is 9.53 Å². The van der Waals surface area contributed by atoms with E-state index < -0.39 is 0 Å². The van der Waals surface area contributed by atoms with Crippen LogP contribution in [0.3, 0.4) is 0 Å². The second kappa shape index (κ2) is 17.5. The maximum atomic E-state index is 12.6. The fourth-order valence-electron chi connectivity index (χ4n) is 3.72. The van der Waals surface area contributed by atoms with Crippen LogP contribution in [-0.4, -0.2) is 18.1 Å². The molecule has 0 amide bonds. The van der Waals surface area contributed by atoms with Crippen LogP contribution >= 0.6 is 11.8 Å². The Morgan fingerprint density at radius 1 is 0.788 bits per heavy atom. The largest absolute Gasteiger partial charge is 0.493 e. The van der Waals surface area contributed by atoms with Crippen molar-refractivity contribution in [3.05, 3.63) is 65.7 Å². The highest BCUT2D eigenvalue weighted by molar-refractivity contribution is 7.99. The summed E-state index contributed by atoms with van der Waals surface area (Å²) >= 11 is 1.83. The highest BCUT2D eigenvalue weighted by Gasteiger charge is 2.04. The number of carbonyl (C=O) groups is 1. The van der Waals surface area contributed by atoms with Crippen molar-refractivity contribution in [1.29, 1.82) is 0 Å². The third kappa shape index (κ3) is 11.6. The molecule has 0 saturated heterocycles. The van der Waals surface area contributed by atoms with Gasteiger partial charge in [-0.05, 0) is 61.1 Å². The summed E-state index contributed by atoms with van der Waals surface area (Å²) in [5.74, 6) is 1.97. The predicted octanol–water partition coefficient (Wildman–Crippen LogP) is 9.38. The Hall–Kier alpha value is -2.00. The minimum absolute atomic E-state index is 0.0199. The molecule has 2 aromatic carbocycles.